The average Bonchev–Trinajstić information content (AvgIpc) is 3.03. The number of hydrogen-bond acceptors (Lipinski definition) is 5. The molecule has 0 saturated carbocycles. The molecule has 1 aromatic rings. The largest absolute Gasteiger partial charge is 0.496 e. The molecule has 124 valence electrons. The first-order valence-electron chi connectivity index (χ1n) is 7.45. The van der Waals surface area contributed by atoms with Gasteiger partial charge in [0, 0.05) is 12.7 Å². The van der Waals surface area contributed by atoms with Crippen LogP contribution in [0.15, 0.2) is 36.5 Å². The lowest BCUT2D eigenvalue weighted by Crippen LogP contribution is -2.07. The first-order valence-corrected chi connectivity index (χ1v) is 7.45. The number of benzene rings is 1. The normalized spacial score (nSPS) is 10.9. The summed E-state index contributed by atoms with van der Waals surface area (Å²) in [5, 5.41) is 18.3. The van der Waals surface area contributed by atoms with Crippen LogP contribution < -0.4 is 4.74 Å². The predicted octanol–water partition coefficient (Wildman–Crippen LogP) is 1.82. The molecule has 0 amide bonds. The third kappa shape index (κ3) is 3.07. The van der Waals surface area contributed by atoms with E-state index >= 15 is 0 Å². The number of pyridine rings is 1. The zero-order valence-corrected chi connectivity index (χ0v) is 13.1. The molecule has 0 saturated heterocycles. The van der Waals surface area contributed by atoms with E-state index in [2.05, 4.69) is 9.97 Å². The van der Waals surface area contributed by atoms with Crippen molar-refractivity contribution >= 4 is 5.97 Å². The van der Waals surface area contributed by atoms with E-state index in [-0.39, 0.29) is 12.2 Å². The third-order valence-electron chi connectivity index (χ3n) is 3.78. The molecule has 0 unspecified atom stereocenters. The van der Waals surface area contributed by atoms with Gasteiger partial charge in [-0.1, -0.05) is 6.07 Å². The molecule has 2 heterocycles. The molecule has 0 radical (unpaired) electrons. The summed E-state index contributed by atoms with van der Waals surface area (Å²) in [4.78, 5) is 19.7. The van der Waals surface area contributed by atoms with E-state index in [1.165, 1.54) is 7.11 Å². The van der Waals surface area contributed by atoms with Gasteiger partial charge >= 0.3 is 5.97 Å². The second-order valence-corrected chi connectivity index (χ2v) is 5.30. The Labute approximate surface area is 138 Å². The van der Waals surface area contributed by atoms with E-state index in [1.807, 2.05) is 22.9 Å². The minimum absolute atomic E-state index is 0.144. The SMILES string of the molecule is COc1cc(CCn2cccc3nc(CO)nc2-3)ccc1C(=O)O. The molecule has 1 aromatic carbocycles. The van der Waals surface area contributed by atoms with Crippen LogP contribution in [-0.2, 0) is 19.6 Å². The van der Waals surface area contributed by atoms with Crippen molar-refractivity contribution in [3.8, 4) is 17.3 Å². The van der Waals surface area contributed by atoms with Gasteiger partial charge in [0.25, 0.3) is 0 Å². The van der Waals surface area contributed by atoms with Crippen molar-refractivity contribution in [2.75, 3.05) is 7.11 Å². The second kappa shape index (κ2) is 6.67. The van der Waals surface area contributed by atoms with Crippen LogP contribution in [0.3, 0.4) is 0 Å². The van der Waals surface area contributed by atoms with Crippen LogP contribution in [0.5, 0.6) is 5.75 Å². The summed E-state index contributed by atoms with van der Waals surface area (Å²) in [6.07, 6.45) is 2.59. The molecule has 0 aromatic heterocycles. The number of carboxylic acids is 1. The molecule has 24 heavy (non-hydrogen) atoms. The smallest absolute Gasteiger partial charge is 0.339 e. The topological polar surface area (TPSA) is 97.5 Å². The molecule has 2 N–H and O–H groups in total. The molecule has 0 fully saturated rings. The maximum absolute atomic E-state index is 11.1. The Morgan fingerprint density at radius 2 is 2.12 bits per heavy atom. The zero-order valence-electron chi connectivity index (χ0n) is 13.1. The highest BCUT2D eigenvalue weighted by Crippen LogP contribution is 2.22. The molecular weight excluding hydrogens is 310 g/mol. The van der Waals surface area contributed by atoms with Gasteiger partial charge in [-0.05, 0) is 36.2 Å². The second-order valence-electron chi connectivity index (χ2n) is 5.30. The van der Waals surface area contributed by atoms with Gasteiger partial charge in [-0.15, -0.1) is 0 Å². The number of aliphatic hydroxyl groups excluding tert-OH is 1. The number of hydrogen-bond donors (Lipinski definition) is 2. The molecule has 3 rings (SSSR count). The van der Waals surface area contributed by atoms with Gasteiger partial charge in [0.05, 0.1) is 7.11 Å². The zero-order chi connectivity index (χ0) is 17.1. The number of rotatable bonds is 6. The monoisotopic (exact) mass is 327 g/mol. The molecule has 2 aliphatic heterocycles. The van der Waals surface area contributed by atoms with Crippen LogP contribution in [0, 0.1) is 0 Å². The summed E-state index contributed by atoms with van der Waals surface area (Å²) in [6, 6.07) is 8.80. The van der Waals surface area contributed by atoms with Gasteiger partial charge in [-0.2, -0.15) is 0 Å². The molecule has 7 nitrogen and oxygen atoms in total. The summed E-state index contributed by atoms with van der Waals surface area (Å²) >= 11 is 0. The number of methoxy groups -OCH3 is 1. The number of aliphatic hydroxyl groups is 1. The van der Waals surface area contributed by atoms with Gasteiger partial charge in [0.2, 0.25) is 0 Å². The molecule has 0 aliphatic carbocycles. The van der Waals surface area contributed by atoms with E-state index in [0.29, 0.717) is 24.5 Å². The van der Waals surface area contributed by atoms with E-state index in [4.69, 9.17) is 14.9 Å². The fourth-order valence-corrected chi connectivity index (χ4v) is 2.59. The van der Waals surface area contributed by atoms with Crippen LogP contribution in [0.25, 0.3) is 11.5 Å². The number of aromatic carboxylic acids is 1. The van der Waals surface area contributed by atoms with Crippen molar-refractivity contribution in [2.24, 2.45) is 0 Å². The molecule has 0 atom stereocenters. The summed E-state index contributed by atoms with van der Waals surface area (Å²) in [5.41, 5.74) is 1.84. The third-order valence-corrected chi connectivity index (χ3v) is 3.78. The first-order chi connectivity index (χ1) is 11.6. The number of carbonyl (C=O) groups is 1. The highest BCUT2D eigenvalue weighted by molar-refractivity contribution is 5.90. The van der Waals surface area contributed by atoms with E-state index in [0.717, 1.165) is 17.1 Å². The van der Waals surface area contributed by atoms with Crippen molar-refractivity contribution in [3.63, 3.8) is 0 Å². The summed E-state index contributed by atoms with van der Waals surface area (Å²) < 4.78 is 7.11. The summed E-state index contributed by atoms with van der Waals surface area (Å²) in [5.74, 6) is 0.452. The maximum atomic E-state index is 11.1. The molecule has 0 bridgehead atoms. The standard InChI is InChI=1S/C17H17N3O4/c1-24-14-9-11(4-5-12(14)17(22)23)6-8-20-7-2-3-13-16(20)19-15(10-21)18-13/h2-5,7,9,21H,6,8,10H2,1H3,(H,22,23). The number of nitrogens with zero attached hydrogens (tertiary/aromatic N) is 3. The number of imidazole rings is 1. The van der Waals surface area contributed by atoms with E-state index in [1.54, 1.807) is 18.2 Å². The lowest BCUT2D eigenvalue weighted by Gasteiger charge is -2.11. The fraction of sp³-hybridized carbons (Fsp3) is 0.235. The minimum atomic E-state index is -1.01. The quantitative estimate of drug-likeness (QED) is 0.717. The lowest BCUT2D eigenvalue weighted by atomic mass is 10.1. The van der Waals surface area contributed by atoms with Gasteiger partial charge in [-0.25, -0.2) is 14.8 Å². The van der Waals surface area contributed by atoms with Crippen LogP contribution in [-0.4, -0.2) is 37.8 Å². The van der Waals surface area contributed by atoms with Crippen molar-refractivity contribution in [1.29, 1.82) is 0 Å². The van der Waals surface area contributed by atoms with Gasteiger partial charge in [0.15, 0.2) is 11.6 Å². The van der Waals surface area contributed by atoms with Gasteiger partial charge in [0.1, 0.15) is 23.6 Å². The molecule has 2 aliphatic rings. The van der Waals surface area contributed by atoms with E-state index < -0.39 is 5.97 Å². The van der Waals surface area contributed by atoms with Gasteiger partial charge in [-0.3, -0.25) is 0 Å². The van der Waals surface area contributed by atoms with Crippen molar-refractivity contribution < 1.29 is 19.7 Å². The fourth-order valence-electron chi connectivity index (χ4n) is 2.59. The minimum Gasteiger partial charge on any atom is -0.496 e. The van der Waals surface area contributed by atoms with Crippen molar-refractivity contribution in [3.05, 3.63) is 53.5 Å². The predicted molar refractivity (Wildman–Crippen MR) is 86.2 cm³/mol. The number of ether oxygens (including phenoxy) is 1. The summed E-state index contributed by atoms with van der Waals surface area (Å²) in [6.45, 7) is 0.457. The number of fused-ring (bicyclic) bond motifs is 1. The Morgan fingerprint density at radius 1 is 1.29 bits per heavy atom. The Bertz CT molecular complexity index is 844. The van der Waals surface area contributed by atoms with Crippen molar-refractivity contribution in [2.45, 2.75) is 19.6 Å². The summed E-state index contributed by atoms with van der Waals surface area (Å²) in [7, 11) is 1.46. The van der Waals surface area contributed by atoms with Crippen LogP contribution in [0.4, 0.5) is 0 Å². The number of carboxylic acid groups (broad SMARTS) is 1. The molecule has 0 spiro atoms. The highest BCUT2D eigenvalue weighted by atomic mass is 16.5. The average molecular weight is 327 g/mol. The Hall–Kier alpha value is -2.93. The number of aryl methyl sites for hydroxylation is 2. The molecular formula is C17H17N3O4. The highest BCUT2D eigenvalue weighted by Gasteiger charge is 2.14. The van der Waals surface area contributed by atoms with E-state index in [9.17, 15) is 4.79 Å². The molecule has 7 heteroatoms. The van der Waals surface area contributed by atoms with Gasteiger partial charge < -0.3 is 19.5 Å². The Balaban J connectivity index is 1.81. The van der Waals surface area contributed by atoms with Crippen LogP contribution in [0.2, 0.25) is 0 Å². The maximum Gasteiger partial charge on any atom is 0.339 e. The van der Waals surface area contributed by atoms with Crippen LogP contribution >= 0.6 is 0 Å². The Morgan fingerprint density at radius 3 is 2.83 bits per heavy atom. The first kappa shape index (κ1) is 15.9. The van der Waals surface area contributed by atoms with Crippen molar-refractivity contribution in [1.82, 2.24) is 14.5 Å². The Kier molecular flexibility index (Phi) is 4.43. The number of aromatic nitrogens is 3. The lowest BCUT2D eigenvalue weighted by molar-refractivity contribution is 0.0693. The van der Waals surface area contributed by atoms with Crippen LogP contribution in [0.1, 0.15) is 21.7 Å².